The summed E-state index contributed by atoms with van der Waals surface area (Å²) in [7, 11) is 0. The first kappa shape index (κ1) is 21.4. The van der Waals surface area contributed by atoms with E-state index in [-0.39, 0.29) is 5.91 Å². The normalized spacial score (nSPS) is 14.6. The third-order valence-corrected chi connectivity index (χ3v) is 6.61. The highest BCUT2D eigenvalue weighted by Crippen LogP contribution is 2.32. The fourth-order valence-corrected chi connectivity index (χ4v) is 4.81. The Hall–Kier alpha value is -3.46. The number of thiophene rings is 1. The Kier molecular flexibility index (Phi) is 5.49. The van der Waals surface area contributed by atoms with E-state index in [4.69, 9.17) is 0 Å². The third kappa shape index (κ3) is 4.16. The van der Waals surface area contributed by atoms with Gasteiger partial charge in [-0.05, 0) is 40.8 Å². The molecule has 0 atom stereocenters. The Labute approximate surface area is 192 Å². The second kappa shape index (κ2) is 8.47. The van der Waals surface area contributed by atoms with Crippen LogP contribution in [0.1, 0.15) is 15.9 Å². The summed E-state index contributed by atoms with van der Waals surface area (Å²) in [5.41, 5.74) is 0.962. The highest BCUT2D eigenvalue weighted by Gasteiger charge is 2.30. The Morgan fingerprint density at radius 1 is 0.909 bits per heavy atom. The van der Waals surface area contributed by atoms with Crippen LogP contribution in [0.25, 0.3) is 21.3 Å². The average Bonchev–Trinajstić information content (AvgIpc) is 3.32. The van der Waals surface area contributed by atoms with Crippen LogP contribution in [0.2, 0.25) is 0 Å². The van der Waals surface area contributed by atoms with Gasteiger partial charge in [0, 0.05) is 31.7 Å². The lowest BCUT2D eigenvalue weighted by atomic mass is 9.97. The molecule has 4 aromatic rings. The Bertz CT molecular complexity index is 1300. The molecule has 1 saturated heterocycles. The molecule has 0 spiro atoms. The molecule has 5 nitrogen and oxygen atoms in total. The molecule has 1 aliphatic rings. The molecule has 9 heteroatoms. The number of halogens is 3. The molecule has 1 amide bonds. The monoisotopic (exact) mass is 468 g/mol. The van der Waals surface area contributed by atoms with Gasteiger partial charge in [-0.15, -0.1) is 11.3 Å². The van der Waals surface area contributed by atoms with E-state index >= 15 is 0 Å². The fraction of sp³-hybridized carbons (Fsp3) is 0.208. The number of aromatic nitrogens is 2. The van der Waals surface area contributed by atoms with Gasteiger partial charge in [0.1, 0.15) is 17.0 Å². The molecule has 1 fully saturated rings. The summed E-state index contributed by atoms with van der Waals surface area (Å²) in [6.45, 7) is 2.32. The second-order valence-electron chi connectivity index (χ2n) is 7.74. The zero-order chi connectivity index (χ0) is 23.0. The Morgan fingerprint density at radius 3 is 2.36 bits per heavy atom. The van der Waals surface area contributed by atoms with Crippen molar-refractivity contribution in [2.45, 2.75) is 6.18 Å². The van der Waals surface area contributed by atoms with Crippen LogP contribution in [0.3, 0.4) is 0 Å². The lowest BCUT2D eigenvalue weighted by Crippen LogP contribution is -2.49. The third-order valence-electron chi connectivity index (χ3n) is 5.79. The molecule has 0 N–H and O–H groups in total. The van der Waals surface area contributed by atoms with Crippen LogP contribution >= 0.6 is 11.3 Å². The Balaban J connectivity index is 1.34. The van der Waals surface area contributed by atoms with Crippen LogP contribution in [-0.4, -0.2) is 47.0 Å². The summed E-state index contributed by atoms with van der Waals surface area (Å²) in [6.07, 6.45) is -2.84. The molecule has 168 valence electrons. The minimum atomic E-state index is -4.40. The van der Waals surface area contributed by atoms with Crippen molar-refractivity contribution in [3.05, 3.63) is 77.4 Å². The van der Waals surface area contributed by atoms with Crippen molar-refractivity contribution in [3.63, 3.8) is 0 Å². The van der Waals surface area contributed by atoms with Crippen LogP contribution < -0.4 is 4.90 Å². The van der Waals surface area contributed by atoms with E-state index in [0.29, 0.717) is 42.9 Å². The quantitative estimate of drug-likeness (QED) is 0.407. The van der Waals surface area contributed by atoms with Gasteiger partial charge in [0.2, 0.25) is 0 Å². The standard InChI is InChI=1S/C24H19F3N4OS/c25-24(26,27)17-7-5-16(6-8-17)18-3-1-2-4-19(18)23(32)31-12-10-30(11-13-31)21-20-9-14-33-22(20)29-15-28-21/h1-9,14-15H,10-13H2. The Morgan fingerprint density at radius 2 is 1.64 bits per heavy atom. The molecule has 0 saturated carbocycles. The summed E-state index contributed by atoms with van der Waals surface area (Å²) in [6, 6.07) is 14.0. The molecule has 33 heavy (non-hydrogen) atoms. The fourth-order valence-electron chi connectivity index (χ4n) is 4.08. The average molecular weight is 469 g/mol. The van der Waals surface area contributed by atoms with Gasteiger partial charge in [-0.1, -0.05) is 30.3 Å². The van der Waals surface area contributed by atoms with Crippen molar-refractivity contribution in [1.82, 2.24) is 14.9 Å². The predicted octanol–water partition coefficient (Wildman–Crippen LogP) is 5.34. The molecule has 2 aromatic heterocycles. The highest BCUT2D eigenvalue weighted by atomic mass is 32.1. The van der Waals surface area contributed by atoms with Crippen LogP contribution in [0.4, 0.5) is 19.0 Å². The second-order valence-corrected chi connectivity index (χ2v) is 8.63. The number of amides is 1. The molecule has 5 rings (SSSR count). The van der Waals surface area contributed by atoms with Gasteiger partial charge in [0.15, 0.2) is 0 Å². The first-order valence-electron chi connectivity index (χ1n) is 10.4. The van der Waals surface area contributed by atoms with E-state index in [2.05, 4.69) is 14.9 Å². The first-order chi connectivity index (χ1) is 15.9. The summed E-state index contributed by atoms with van der Waals surface area (Å²) in [5, 5.41) is 3.00. The van der Waals surface area contributed by atoms with Gasteiger partial charge in [-0.3, -0.25) is 4.79 Å². The van der Waals surface area contributed by atoms with Crippen molar-refractivity contribution in [2.24, 2.45) is 0 Å². The zero-order valence-electron chi connectivity index (χ0n) is 17.4. The lowest BCUT2D eigenvalue weighted by Gasteiger charge is -2.36. The van der Waals surface area contributed by atoms with Gasteiger partial charge in [-0.25, -0.2) is 9.97 Å². The summed E-state index contributed by atoms with van der Waals surface area (Å²) >= 11 is 1.57. The molecule has 0 unspecified atom stereocenters. The highest BCUT2D eigenvalue weighted by molar-refractivity contribution is 7.16. The van der Waals surface area contributed by atoms with Crippen LogP contribution in [0.15, 0.2) is 66.3 Å². The van der Waals surface area contributed by atoms with Crippen LogP contribution in [0.5, 0.6) is 0 Å². The molecule has 0 bridgehead atoms. The number of nitrogens with zero attached hydrogens (tertiary/aromatic N) is 4. The summed E-state index contributed by atoms with van der Waals surface area (Å²) in [5.74, 6) is 0.743. The molecular weight excluding hydrogens is 449 g/mol. The number of fused-ring (bicyclic) bond motifs is 1. The number of piperazine rings is 1. The molecule has 2 aromatic carbocycles. The molecule has 1 aliphatic heterocycles. The minimum absolute atomic E-state index is 0.131. The number of rotatable bonds is 3. The predicted molar refractivity (Wildman–Crippen MR) is 122 cm³/mol. The van der Waals surface area contributed by atoms with E-state index in [1.807, 2.05) is 11.4 Å². The number of carbonyl (C=O) groups excluding carboxylic acids is 1. The topological polar surface area (TPSA) is 49.3 Å². The number of hydrogen-bond acceptors (Lipinski definition) is 5. The molecule has 0 aliphatic carbocycles. The van der Waals surface area contributed by atoms with Crippen LogP contribution in [0, 0.1) is 0 Å². The number of alkyl halides is 3. The van der Waals surface area contributed by atoms with E-state index in [9.17, 15) is 18.0 Å². The lowest BCUT2D eigenvalue weighted by molar-refractivity contribution is -0.137. The van der Waals surface area contributed by atoms with Gasteiger partial charge >= 0.3 is 6.18 Å². The SMILES string of the molecule is O=C(c1ccccc1-c1ccc(C(F)(F)F)cc1)N1CCN(c2ncnc3sccc23)CC1. The number of hydrogen-bond donors (Lipinski definition) is 0. The molecule has 0 radical (unpaired) electrons. The first-order valence-corrected chi connectivity index (χ1v) is 11.3. The smallest absolute Gasteiger partial charge is 0.352 e. The van der Waals surface area contributed by atoms with Gasteiger partial charge in [0.25, 0.3) is 5.91 Å². The van der Waals surface area contributed by atoms with E-state index < -0.39 is 11.7 Å². The van der Waals surface area contributed by atoms with Gasteiger partial charge in [0.05, 0.1) is 10.9 Å². The van der Waals surface area contributed by atoms with Crippen molar-refractivity contribution in [2.75, 3.05) is 31.1 Å². The minimum Gasteiger partial charge on any atom is -0.352 e. The van der Waals surface area contributed by atoms with Crippen LogP contribution in [-0.2, 0) is 6.18 Å². The number of benzene rings is 2. The maximum Gasteiger partial charge on any atom is 0.416 e. The number of carbonyl (C=O) groups is 1. The van der Waals surface area contributed by atoms with Crippen molar-refractivity contribution in [1.29, 1.82) is 0 Å². The maximum atomic E-state index is 13.3. The van der Waals surface area contributed by atoms with Gasteiger partial charge in [-0.2, -0.15) is 13.2 Å². The summed E-state index contributed by atoms with van der Waals surface area (Å²) in [4.78, 5) is 26.9. The van der Waals surface area contributed by atoms with Crippen molar-refractivity contribution < 1.29 is 18.0 Å². The molecule has 3 heterocycles. The van der Waals surface area contributed by atoms with E-state index in [0.717, 1.165) is 28.2 Å². The van der Waals surface area contributed by atoms with Gasteiger partial charge < -0.3 is 9.80 Å². The van der Waals surface area contributed by atoms with Crippen molar-refractivity contribution >= 4 is 33.3 Å². The van der Waals surface area contributed by atoms with Crippen molar-refractivity contribution in [3.8, 4) is 11.1 Å². The number of anilines is 1. The van der Waals surface area contributed by atoms with E-state index in [1.54, 1.807) is 46.8 Å². The zero-order valence-corrected chi connectivity index (χ0v) is 18.2. The molecular formula is C24H19F3N4OS. The van der Waals surface area contributed by atoms with E-state index in [1.165, 1.54) is 12.1 Å². The maximum absolute atomic E-state index is 13.3. The summed E-state index contributed by atoms with van der Waals surface area (Å²) < 4.78 is 38.8. The largest absolute Gasteiger partial charge is 0.416 e.